The molecule has 2 aliphatic carbocycles. The molecule has 0 spiro atoms. The molecule has 1 aromatic carbocycles. The van der Waals surface area contributed by atoms with Gasteiger partial charge in [-0.15, -0.1) is 0 Å². The molecule has 5 nitrogen and oxygen atoms in total. The molecule has 1 aromatic rings. The Labute approximate surface area is 142 Å². The van der Waals surface area contributed by atoms with Crippen LogP contribution in [0.2, 0.25) is 0 Å². The Balaban J connectivity index is 1.55. The largest absolute Gasteiger partial charge is 0.481 e. The van der Waals surface area contributed by atoms with Crippen molar-refractivity contribution < 1.29 is 14.7 Å². The number of rotatable bonds is 3. The number of carboxylic acids is 1. The van der Waals surface area contributed by atoms with Crippen molar-refractivity contribution >= 4 is 12.0 Å². The van der Waals surface area contributed by atoms with Crippen molar-refractivity contribution in [1.82, 2.24) is 10.6 Å². The summed E-state index contributed by atoms with van der Waals surface area (Å²) in [7, 11) is 0. The van der Waals surface area contributed by atoms with Crippen molar-refractivity contribution in [2.75, 3.05) is 0 Å². The molecule has 2 unspecified atom stereocenters. The molecule has 0 bridgehead atoms. The topological polar surface area (TPSA) is 78.4 Å². The van der Waals surface area contributed by atoms with Crippen LogP contribution >= 0.6 is 0 Å². The number of hydrogen-bond acceptors (Lipinski definition) is 2. The lowest BCUT2D eigenvalue weighted by Crippen LogP contribution is -2.45. The first-order chi connectivity index (χ1) is 11.5. The van der Waals surface area contributed by atoms with Gasteiger partial charge in [0.05, 0.1) is 12.0 Å². The van der Waals surface area contributed by atoms with Gasteiger partial charge >= 0.3 is 12.0 Å². The number of fused-ring (bicyclic) bond motifs is 1. The molecule has 0 aromatic heterocycles. The molecular weight excluding hydrogens is 304 g/mol. The fraction of sp³-hybridized carbons (Fsp3) is 0.579. The molecule has 2 aliphatic rings. The lowest BCUT2D eigenvalue weighted by molar-refractivity contribution is -0.142. The van der Waals surface area contributed by atoms with Crippen LogP contribution in [0.1, 0.15) is 68.5 Å². The van der Waals surface area contributed by atoms with Crippen molar-refractivity contribution in [3.63, 3.8) is 0 Å². The Morgan fingerprint density at radius 1 is 0.958 bits per heavy atom. The zero-order valence-electron chi connectivity index (χ0n) is 14.1. The minimum absolute atomic E-state index is 0.0627. The van der Waals surface area contributed by atoms with Gasteiger partial charge in [-0.25, -0.2) is 4.79 Å². The van der Waals surface area contributed by atoms with E-state index in [-0.39, 0.29) is 24.0 Å². The van der Waals surface area contributed by atoms with Gasteiger partial charge in [-0.2, -0.15) is 0 Å². The summed E-state index contributed by atoms with van der Waals surface area (Å²) in [5, 5.41) is 15.2. The highest BCUT2D eigenvalue weighted by atomic mass is 16.4. The Hall–Kier alpha value is -2.04. The Morgan fingerprint density at radius 2 is 1.62 bits per heavy atom. The predicted octanol–water partition coefficient (Wildman–Crippen LogP) is 3.57. The third kappa shape index (κ3) is 3.71. The summed E-state index contributed by atoms with van der Waals surface area (Å²) in [6.07, 6.45) is 4.79. The summed E-state index contributed by atoms with van der Waals surface area (Å²) in [6, 6.07) is 8.34. The molecule has 0 heterocycles. The highest BCUT2D eigenvalue weighted by Crippen LogP contribution is 2.36. The zero-order valence-corrected chi connectivity index (χ0v) is 14.1. The van der Waals surface area contributed by atoms with E-state index >= 15 is 0 Å². The fourth-order valence-corrected chi connectivity index (χ4v) is 4.02. The number of carboxylic acid groups (broad SMARTS) is 1. The van der Waals surface area contributed by atoms with Crippen LogP contribution in [0.5, 0.6) is 0 Å². The van der Waals surface area contributed by atoms with Crippen LogP contribution in [0.25, 0.3) is 0 Å². The zero-order chi connectivity index (χ0) is 17.1. The third-order valence-corrected chi connectivity index (χ3v) is 5.51. The summed E-state index contributed by atoms with van der Waals surface area (Å²) in [5.41, 5.74) is 2.55. The molecule has 2 atom stereocenters. The van der Waals surface area contributed by atoms with Gasteiger partial charge in [0, 0.05) is 6.04 Å². The van der Waals surface area contributed by atoms with E-state index in [1.807, 2.05) is 6.07 Å². The van der Waals surface area contributed by atoms with Crippen LogP contribution in [0.4, 0.5) is 4.79 Å². The SMILES string of the molecule is CC1CCC(NC(=O)NC2CCC(C(=O)O)CC2)c2ccccc21. The number of hydrogen-bond donors (Lipinski definition) is 3. The second-order valence-corrected chi connectivity index (χ2v) is 7.16. The maximum atomic E-state index is 12.3. The lowest BCUT2D eigenvalue weighted by atomic mass is 9.81. The van der Waals surface area contributed by atoms with Gasteiger partial charge in [0.15, 0.2) is 0 Å². The third-order valence-electron chi connectivity index (χ3n) is 5.51. The number of benzene rings is 1. The maximum absolute atomic E-state index is 12.3. The lowest BCUT2D eigenvalue weighted by Gasteiger charge is -2.32. The highest BCUT2D eigenvalue weighted by Gasteiger charge is 2.29. The highest BCUT2D eigenvalue weighted by molar-refractivity contribution is 5.75. The number of carbonyl (C=O) groups is 2. The van der Waals surface area contributed by atoms with Crippen molar-refractivity contribution in [2.24, 2.45) is 5.92 Å². The molecule has 0 saturated heterocycles. The van der Waals surface area contributed by atoms with E-state index in [4.69, 9.17) is 5.11 Å². The average Bonchev–Trinajstić information content (AvgIpc) is 2.58. The summed E-state index contributed by atoms with van der Waals surface area (Å²) in [6.45, 7) is 2.23. The minimum atomic E-state index is -0.717. The molecule has 0 aliphatic heterocycles. The van der Waals surface area contributed by atoms with E-state index in [0.717, 1.165) is 25.7 Å². The Kier molecular flexibility index (Phi) is 5.07. The summed E-state index contributed by atoms with van der Waals surface area (Å²) >= 11 is 0. The van der Waals surface area contributed by atoms with Crippen LogP contribution in [0.3, 0.4) is 0 Å². The molecular formula is C19H26N2O3. The average molecular weight is 330 g/mol. The second kappa shape index (κ2) is 7.24. The number of carbonyl (C=O) groups excluding carboxylic acids is 1. The molecule has 3 rings (SSSR count). The van der Waals surface area contributed by atoms with Gasteiger partial charge in [0.25, 0.3) is 0 Å². The molecule has 24 heavy (non-hydrogen) atoms. The van der Waals surface area contributed by atoms with Gasteiger partial charge < -0.3 is 15.7 Å². The van der Waals surface area contributed by atoms with Crippen LogP contribution in [0, 0.1) is 5.92 Å². The van der Waals surface area contributed by atoms with E-state index < -0.39 is 5.97 Å². The first-order valence-corrected chi connectivity index (χ1v) is 8.93. The van der Waals surface area contributed by atoms with E-state index in [1.165, 1.54) is 11.1 Å². The number of urea groups is 1. The van der Waals surface area contributed by atoms with Gasteiger partial charge in [0.2, 0.25) is 0 Å². The van der Waals surface area contributed by atoms with Crippen LogP contribution in [-0.2, 0) is 4.79 Å². The van der Waals surface area contributed by atoms with Crippen molar-refractivity contribution in [2.45, 2.75) is 63.5 Å². The fourth-order valence-electron chi connectivity index (χ4n) is 4.02. The molecule has 5 heteroatoms. The Morgan fingerprint density at radius 3 is 2.29 bits per heavy atom. The molecule has 1 saturated carbocycles. The van der Waals surface area contributed by atoms with Gasteiger partial charge in [-0.05, 0) is 55.6 Å². The van der Waals surface area contributed by atoms with Crippen LogP contribution < -0.4 is 10.6 Å². The molecule has 130 valence electrons. The van der Waals surface area contributed by atoms with Crippen molar-refractivity contribution in [3.05, 3.63) is 35.4 Å². The molecule has 2 amide bonds. The monoisotopic (exact) mass is 330 g/mol. The quantitative estimate of drug-likeness (QED) is 0.793. The van der Waals surface area contributed by atoms with Crippen LogP contribution in [-0.4, -0.2) is 23.1 Å². The van der Waals surface area contributed by atoms with E-state index in [1.54, 1.807) is 0 Å². The van der Waals surface area contributed by atoms with Gasteiger partial charge in [-0.1, -0.05) is 31.2 Å². The molecule has 0 radical (unpaired) electrons. The van der Waals surface area contributed by atoms with Gasteiger partial charge in [-0.3, -0.25) is 4.79 Å². The number of aliphatic carboxylic acids is 1. The maximum Gasteiger partial charge on any atom is 0.315 e. The predicted molar refractivity (Wildman–Crippen MR) is 91.9 cm³/mol. The van der Waals surface area contributed by atoms with Crippen LogP contribution in [0.15, 0.2) is 24.3 Å². The Bertz CT molecular complexity index is 608. The minimum Gasteiger partial charge on any atom is -0.481 e. The number of amides is 2. The van der Waals surface area contributed by atoms with E-state index in [2.05, 4.69) is 35.8 Å². The van der Waals surface area contributed by atoms with E-state index in [0.29, 0.717) is 18.8 Å². The van der Waals surface area contributed by atoms with Gasteiger partial charge in [0.1, 0.15) is 0 Å². The summed E-state index contributed by atoms with van der Waals surface area (Å²) in [4.78, 5) is 23.3. The standard InChI is InChI=1S/C19H26N2O3/c1-12-6-11-17(16-5-3-2-4-15(12)16)21-19(24)20-14-9-7-13(8-10-14)18(22)23/h2-5,12-14,17H,6-11H2,1H3,(H,22,23)(H2,20,21,24). The molecule has 1 fully saturated rings. The van der Waals surface area contributed by atoms with Crippen molar-refractivity contribution in [1.29, 1.82) is 0 Å². The number of nitrogens with one attached hydrogen (secondary N) is 2. The van der Waals surface area contributed by atoms with E-state index in [9.17, 15) is 9.59 Å². The summed E-state index contributed by atoms with van der Waals surface area (Å²) < 4.78 is 0. The smallest absolute Gasteiger partial charge is 0.315 e. The molecule has 3 N–H and O–H groups in total. The first-order valence-electron chi connectivity index (χ1n) is 8.93. The van der Waals surface area contributed by atoms with Crippen molar-refractivity contribution in [3.8, 4) is 0 Å². The second-order valence-electron chi connectivity index (χ2n) is 7.16. The summed E-state index contributed by atoms with van der Waals surface area (Å²) in [5.74, 6) is -0.433. The first kappa shape index (κ1) is 16.8. The normalized spacial score (nSPS) is 29.4.